The number of rotatable bonds is 3. The summed E-state index contributed by atoms with van der Waals surface area (Å²) in [7, 11) is 0. The van der Waals surface area contributed by atoms with Gasteiger partial charge in [0.2, 0.25) is 0 Å². The summed E-state index contributed by atoms with van der Waals surface area (Å²) in [5.41, 5.74) is 0. The Hall–Kier alpha value is -1.59. The first kappa shape index (κ1) is 11.9. The monoisotopic (exact) mass is 242 g/mol. The Labute approximate surface area is 97.2 Å². The molecule has 0 spiro atoms. The summed E-state index contributed by atoms with van der Waals surface area (Å²) in [4.78, 5) is 33.5. The SMILES string of the molecule is O=C(O)C1C2CCCC2C(C(=O)O)C1C(=O)O. The Morgan fingerprint density at radius 3 is 1.35 bits per heavy atom. The number of hydrogen-bond donors (Lipinski definition) is 3. The van der Waals surface area contributed by atoms with Gasteiger partial charge in [-0.05, 0) is 24.7 Å². The van der Waals surface area contributed by atoms with Crippen molar-refractivity contribution >= 4 is 17.9 Å². The third-order valence-corrected chi connectivity index (χ3v) is 4.18. The van der Waals surface area contributed by atoms with Crippen molar-refractivity contribution in [3.63, 3.8) is 0 Å². The van der Waals surface area contributed by atoms with Gasteiger partial charge in [0, 0.05) is 0 Å². The van der Waals surface area contributed by atoms with Crippen molar-refractivity contribution in [2.24, 2.45) is 29.6 Å². The Bertz CT molecular complexity index is 348. The lowest BCUT2D eigenvalue weighted by atomic mass is 9.85. The zero-order valence-electron chi connectivity index (χ0n) is 9.07. The highest BCUT2D eigenvalue weighted by molar-refractivity contribution is 5.87. The van der Waals surface area contributed by atoms with E-state index in [1.165, 1.54) is 0 Å². The van der Waals surface area contributed by atoms with E-state index in [9.17, 15) is 14.4 Å². The summed E-state index contributed by atoms with van der Waals surface area (Å²) < 4.78 is 0. The van der Waals surface area contributed by atoms with Gasteiger partial charge in [0.25, 0.3) is 0 Å². The largest absolute Gasteiger partial charge is 0.481 e. The van der Waals surface area contributed by atoms with E-state index in [4.69, 9.17) is 15.3 Å². The first-order valence-corrected chi connectivity index (χ1v) is 5.63. The molecule has 0 aromatic heterocycles. The Balaban J connectivity index is 2.41. The van der Waals surface area contributed by atoms with Crippen molar-refractivity contribution in [3.05, 3.63) is 0 Å². The topological polar surface area (TPSA) is 112 Å². The molecule has 2 aliphatic rings. The Kier molecular flexibility index (Phi) is 2.81. The van der Waals surface area contributed by atoms with E-state index in [-0.39, 0.29) is 11.8 Å². The molecule has 2 fully saturated rings. The lowest BCUT2D eigenvalue weighted by Gasteiger charge is -2.18. The number of carboxylic acids is 3. The molecule has 0 bridgehead atoms. The molecule has 2 rings (SSSR count). The zero-order chi connectivity index (χ0) is 12.7. The fourth-order valence-electron chi connectivity index (χ4n) is 3.65. The molecule has 94 valence electrons. The molecule has 0 radical (unpaired) electrons. The number of hydrogen-bond acceptors (Lipinski definition) is 3. The second-order valence-electron chi connectivity index (χ2n) is 4.85. The minimum atomic E-state index is -1.31. The number of aliphatic carboxylic acids is 3. The van der Waals surface area contributed by atoms with Crippen LogP contribution in [0.15, 0.2) is 0 Å². The zero-order valence-corrected chi connectivity index (χ0v) is 9.07. The fraction of sp³-hybridized carbons (Fsp3) is 0.727. The van der Waals surface area contributed by atoms with E-state index in [1.807, 2.05) is 0 Å². The predicted octanol–water partition coefficient (Wildman–Crippen LogP) is 0.519. The highest BCUT2D eigenvalue weighted by Gasteiger charge is 2.60. The lowest BCUT2D eigenvalue weighted by molar-refractivity contribution is -0.159. The van der Waals surface area contributed by atoms with E-state index < -0.39 is 35.7 Å². The van der Waals surface area contributed by atoms with E-state index in [0.29, 0.717) is 12.8 Å². The molecule has 6 heteroatoms. The van der Waals surface area contributed by atoms with Crippen molar-refractivity contribution in [1.82, 2.24) is 0 Å². The molecule has 0 aromatic rings. The standard InChI is InChI=1S/C11H14O6/c12-9(13)6-4-2-1-3-5(4)7(10(14)15)8(6)11(16)17/h4-8H,1-3H2,(H,12,13)(H,14,15)(H,16,17). The molecule has 0 aromatic carbocycles. The molecule has 0 saturated heterocycles. The summed E-state index contributed by atoms with van der Waals surface area (Å²) >= 11 is 0. The van der Waals surface area contributed by atoms with Crippen molar-refractivity contribution in [2.75, 3.05) is 0 Å². The average Bonchev–Trinajstić information content (AvgIpc) is 2.72. The maximum atomic E-state index is 11.2. The normalized spacial score (nSPS) is 39.9. The van der Waals surface area contributed by atoms with Crippen LogP contribution in [0, 0.1) is 29.6 Å². The van der Waals surface area contributed by atoms with Gasteiger partial charge in [-0.1, -0.05) is 6.42 Å². The third-order valence-electron chi connectivity index (χ3n) is 4.18. The Morgan fingerprint density at radius 2 is 1.06 bits per heavy atom. The molecule has 4 unspecified atom stereocenters. The molecular formula is C11H14O6. The predicted molar refractivity (Wildman–Crippen MR) is 54.2 cm³/mol. The van der Waals surface area contributed by atoms with Crippen molar-refractivity contribution in [3.8, 4) is 0 Å². The maximum Gasteiger partial charge on any atom is 0.308 e. The van der Waals surface area contributed by atoms with E-state index in [0.717, 1.165) is 6.42 Å². The molecule has 17 heavy (non-hydrogen) atoms. The molecule has 0 amide bonds. The molecule has 3 N–H and O–H groups in total. The smallest absolute Gasteiger partial charge is 0.308 e. The van der Waals surface area contributed by atoms with Crippen LogP contribution in [0.2, 0.25) is 0 Å². The minimum absolute atomic E-state index is 0.297. The second kappa shape index (κ2) is 4.01. The molecule has 0 heterocycles. The summed E-state index contributed by atoms with van der Waals surface area (Å²) in [6.45, 7) is 0. The van der Waals surface area contributed by atoms with Crippen molar-refractivity contribution in [1.29, 1.82) is 0 Å². The summed E-state index contributed by atoms with van der Waals surface area (Å²) in [5.74, 6) is -7.66. The third kappa shape index (κ3) is 1.67. The highest BCUT2D eigenvalue weighted by atomic mass is 16.4. The first-order chi connectivity index (χ1) is 7.95. The van der Waals surface area contributed by atoms with E-state index in [1.54, 1.807) is 0 Å². The van der Waals surface area contributed by atoms with Crippen LogP contribution < -0.4 is 0 Å². The molecule has 4 atom stereocenters. The molecule has 2 saturated carbocycles. The van der Waals surface area contributed by atoms with Crippen LogP contribution in [0.3, 0.4) is 0 Å². The second-order valence-corrected chi connectivity index (χ2v) is 4.85. The highest BCUT2D eigenvalue weighted by Crippen LogP contribution is 2.54. The average molecular weight is 242 g/mol. The van der Waals surface area contributed by atoms with Crippen molar-refractivity contribution < 1.29 is 29.7 Å². The molecule has 6 nitrogen and oxygen atoms in total. The molecular weight excluding hydrogens is 228 g/mol. The summed E-state index contributed by atoms with van der Waals surface area (Å²) in [6, 6.07) is 0. The van der Waals surface area contributed by atoms with Gasteiger partial charge in [-0.3, -0.25) is 14.4 Å². The van der Waals surface area contributed by atoms with E-state index in [2.05, 4.69) is 0 Å². The number of carbonyl (C=O) groups is 3. The quantitative estimate of drug-likeness (QED) is 0.665. The van der Waals surface area contributed by atoms with Gasteiger partial charge in [0.1, 0.15) is 0 Å². The van der Waals surface area contributed by atoms with Gasteiger partial charge in [-0.2, -0.15) is 0 Å². The summed E-state index contributed by atoms with van der Waals surface area (Å²) in [6.07, 6.45) is 2.03. The van der Waals surface area contributed by atoms with Crippen LogP contribution in [0.5, 0.6) is 0 Å². The van der Waals surface area contributed by atoms with Gasteiger partial charge >= 0.3 is 17.9 Å². The van der Waals surface area contributed by atoms with E-state index >= 15 is 0 Å². The molecule has 0 aliphatic heterocycles. The number of carboxylic acid groups (broad SMARTS) is 3. The van der Waals surface area contributed by atoms with Gasteiger partial charge in [0.05, 0.1) is 17.8 Å². The van der Waals surface area contributed by atoms with Crippen LogP contribution in [0.25, 0.3) is 0 Å². The van der Waals surface area contributed by atoms with Gasteiger partial charge < -0.3 is 15.3 Å². The van der Waals surface area contributed by atoms with Crippen molar-refractivity contribution in [2.45, 2.75) is 19.3 Å². The van der Waals surface area contributed by atoms with Crippen LogP contribution >= 0.6 is 0 Å². The number of fused-ring (bicyclic) bond motifs is 1. The van der Waals surface area contributed by atoms with Crippen LogP contribution in [-0.4, -0.2) is 33.2 Å². The first-order valence-electron chi connectivity index (χ1n) is 5.63. The van der Waals surface area contributed by atoms with Gasteiger partial charge in [-0.15, -0.1) is 0 Å². The fourth-order valence-corrected chi connectivity index (χ4v) is 3.65. The van der Waals surface area contributed by atoms with Gasteiger partial charge in [0.15, 0.2) is 0 Å². The van der Waals surface area contributed by atoms with Crippen LogP contribution in [0.4, 0.5) is 0 Å². The van der Waals surface area contributed by atoms with Gasteiger partial charge in [-0.25, -0.2) is 0 Å². The molecule has 2 aliphatic carbocycles. The Morgan fingerprint density at radius 1 is 0.706 bits per heavy atom. The van der Waals surface area contributed by atoms with Crippen LogP contribution in [0.1, 0.15) is 19.3 Å². The minimum Gasteiger partial charge on any atom is -0.481 e. The summed E-state index contributed by atoms with van der Waals surface area (Å²) in [5, 5.41) is 27.3. The van der Waals surface area contributed by atoms with Crippen LogP contribution in [-0.2, 0) is 14.4 Å². The maximum absolute atomic E-state index is 11.2. The lowest BCUT2D eigenvalue weighted by Crippen LogP contribution is -2.34.